The van der Waals surface area contributed by atoms with Crippen molar-refractivity contribution in [2.45, 2.75) is 52.2 Å². The first kappa shape index (κ1) is 13.4. The minimum Gasteiger partial charge on any atom is -0.399 e. The predicted octanol–water partition coefficient (Wildman–Crippen LogP) is 3.25. The van der Waals surface area contributed by atoms with Crippen molar-refractivity contribution in [2.24, 2.45) is 5.41 Å². The van der Waals surface area contributed by atoms with Gasteiger partial charge >= 0.3 is 0 Å². The zero-order valence-corrected chi connectivity index (χ0v) is 12.3. The monoisotopic (exact) mass is 273 g/mol. The maximum atomic E-state index is 9.61. The van der Waals surface area contributed by atoms with Gasteiger partial charge in [-0.15, -0.1) is 0 Å². The summed E-state index contributed by atoms with van der Waals surface area (Å²) < 4.78 is 2.23. The fourth-order valence-corrected chi connectivity index (χ4v) is 3.33. The first-order chi connectivity index (χ1) is 9.50. The summed E-state index contributed by atoms with van der Waals surface area (Å²) in [6.45, 7) is 4.65. The quantitative estimate of drug-likeness (QED) is 0.825. The van der Waals surface area contributed by atoms with Crippen LogP contribution in [0.25, 0.3) is 11.0 Å². The van der Waals surface area contributed by atoms with Gasteiger partial charge in [-0.05, 0) is 49.3 Å². The van der Waals surface area contributed by atoms with Gasteiger partial charge in [0, 0.05) is 11.7 Å². The van der Waals surface area contributed by atoms with Crippen LogP contribution in [-0.4, -0.2) is 14.7 Å². The molecule has 0 unspecified atom stereocenters. The highest BCUT2D eigenvalue weighted by atomic mass is 16.3. The van der Waals surface area contributed by atoms with Crippen LogP contribution in [0.15, 0.2) is 18.2 Å². The number of aliphatic hydroxyl groups excluding tert-OH is 1. The lowest BCUT2D eigenvalue weighted by atomic mass is 9.75. The van der Waals surface area contributed by atoms with Crippen molar-refractivity contribution in [3.8, 4) is 0 Å². The molecule has 0 atom stereocenters. The number of imidazole rings is 1. The van der Waals surface area contributed by atoms with E-state index in [1.165, 1.54) is 12.8 Å². The Hall–Kier alpha value is -1.55. The van der Waals surface area contributed by atoms with Crippen molar-refractivity contribution in [3.05, 3.63) is 24.0 Å². The average molecular weight is 273 g/mol. The van der Waals surface area contributed by atoms with Crippen LogP contribution < -0.4 is 5.73 Å². The summed E-state index contributed by atoms with van der Waals surface area (Å²) in [7, 11) is 0. The number of aliphatic hydroxyl groups is 1. The van der Waals surface area contributed by atoms with E-state index < -0.39 is 0 Å². The summed E-state index contributed by atoms with van der Waals surface area (Å²) >= 11 is 0. The molecule has 0 aliphatic heterocycles. The Morgan fingerprint density at radius 3 is 2.70 bits per heavy atom. The first-order valence-corrected chi connectivity index (χ1v) is 7.37. The van der Waals surface area contributed by atoms with E-state index in [4.69, 9.17) is 5.73 Å². The zero-order valence-electron chi connectivity index (χ0n) is 12.3. The van der Waals surface area contributed by atoms with Gasteiger partial charge in [0.1, 0.15) is 12.4 Å². The van der Waals surface area contributed by atoms with Crippen LogP contribution in [0.5, 0.6) is 0 Å². The number of fused-ring (bicyclic) bond motifs is 1. The molecule has 1 aliphatic carbocycles. The van der Waals surface area contributed by atoms with E-state index in [1.54, 1.807) is 0 Å². The summed E-state index contributed by atoms with van der Waals surface area (Å²) in [5.41, 5.74) is 8.97. The highest BCUT2D eigenvalue weighted by Gasteiger charge is 2.29. The molecule has 108 valence electrons. The molecule has 2 aromatic rings. The number of nitrogen functional groups attached to an aromatic ring is 1. The molecule has 1 aliphatic rings. The fraction of sp³-hybridized carbons (Fsp3) is 0.562. The van der Waals surface area contributed by atoms with Crippen LogP contribution in [0.3, 0.4) is 0 Å². The number of rotatable bonds is 2. The van der Waals surface area contributed by atoms with Crippen molar-refractivity contribution in [2.75, 3.05) is 5.73 Å². The summed E-state index contributed by atoms with van der Waals surface area (Å²) in [5, 5.41) is 9.61. The Morgan fingerprint density at radius 2 is 2.05 bits per heavy atom. The van der Waals surface area contributed by atoms with Gasteiger partial charge in [0.05, 0.1) is 11.0 Å². The predicted molar refractivity (Wildman–Crippen MR) is 81.4 cm³/mol. The van der Waals surface area contributed by atoms with Crippen LogP contribution in [0.2, 0.25) is 0 Å². The van der Waals surface area contributed by atoms with Gasteiger partial charge < -0.3 is 15.4 Å². The standard InChI is InChI=1S/C16H23N3O/c1-16(2)7-5-12(6-8-16)19-14-4-3-11(17)9-13(14)18-15(19)10-20/h3-4,9,12,20H,5-8,10,17H2,1-2H3. The minimum absolute atomic E-state index is 0.0194. The lowest BCUT2D eigenvalue weighted by Gasteiger charge is -2.35. The number of aromatic nitrogens is 2. The number of benzene rings is 1. The Labute approximate surface area is 119 Å². The third kappa shape index (κ3) is 2.29. The molecule has 4 heteroatoms. The topological polar surface area (TPSA) is 64.1 Å². The van der Waals surface area contributed by atoms with Crippen molar-refractivity contribution in [1.29, 1.82) is 0 Å². The Bertz CT molecular complexity index is 620. The number of nitrogens with zero attached hydrogens (tertiary/aromatic N) is 2. The molecule has 1 fully saturated rings. The maximum Gasteiger partial charge on any atom is 0.135 e. The zero-order chi connectivity index (χ0) is 14.3. The molecule has 0 bridgehead atoms. The molecule has 3 N–H and O–H groups in total. The Morgan fingerprint density at radius 1 is 1.35 bits per heavy atom. The molecule has 1 saturated carbocycles. The molecule has 1 aromatic carbocycles. The smallest absolute Gasteiger partial charge is 0.135 e. The third-order valence-electron chi connectivity index (χ3n) is 4.60. The molecule has 3 rings (SSSR count). The normalized spacial score (nSPS) is 19.6. The van der Waals surface area contributed by atoms with E-state index in [1.807, 2.05) is 18.2 Å². The summed E-state index contributed by atoms with van der Waals surface area (Å²) in [6, 6.07) is 6.27. The van der Waals surface area contributed by atoms with Crippen LogP contribution >= 0.6 is 0 Å². The number of hydrogen-bond acceptors (Lipinski definition) is 3. The Balaban J connectivity index is 2.02. The van der Waals surface area contributed by atoms with Gasteiger partial charge in [-0.2, -0.15) is 0 Å². The molecule has 0 saturated heterocycles. The Kier molecular flexibility index (Phi) is 3.21. The average Bonchev–Trinajstić information content (AvgIpc) is 2.76. The first-order valence-electron chi connectivity index (χ1n) is 7.37. The summed E-state index contributed by atoms with van der Waals surface area (Å²) in [5.74, 6) is 0.760. The largest absolute Gasteiger partial charge is 0.399 e. The van der Waals surface area contributed by atoms with E-state index >= 15 is 0 Å². The van der Waals surface area contributed by atoms with Gasteiger partial charge in [0.25, 0.3) is 0 Å². The second kappa shape index (κ2) is 4.77. The van der Waals surface area contributed by atoms with Gasteiger partial charge in [0.2, 0.25) is 0 Å². The fourth-order valence-electron chi connectivity index (χ4n) is 3.33. The van der Waals surface area contributed by atoms with Crippen LogP contribution in [-0.2, 0) is 6.61 Å². The van der Waals surface area contributed by atoms with E-state index in [2.05, 4.69) is 23.4 Å². The number of nitrogens with two attached hydrogens (primary N) is 1. The molecular weight excluding hydrogens is 250 g/mol. The molecular formula is C16H23N3O. The molecule has 1 heterocycles. The van der Waals surface area contributed by atoms with Crippen LogP contribution in [0.1, 0.15) is 51.4 Å². The molecule has 1 aromatic heterocycles. The lowest BCUT2D eigenvalue weighted by molar-refractivity contribution is 0.186. The molecule has 20 heavy (non-hydrogen) atoms. The van der Waals surface area contributed by atoms with E-state index in [9.17, 15) is 5.11 Å². The van der Waals surface area contributed by atoms with Crippen molar-refractivity contribution in [3.63, 3.8) is 0 Å². The molecule has 0 amide bonds. The summed E-state index contributed by atoms with van der Waals surface area (Å²) in [6.07, 6.45) is 4.74. The minimum atomic E-state index is -0.0194. The molecule has 4 nitrogen and oxygen atoms in total. The van der Waals surface area contributed by atoms with Gasteiger partial charge in [0.15, 0.2) is 0 Å². The van der Waals surface area contributed by atoms with E-state index in [0.717, 1.165) is 35.4 Å². The number of hydrogen-bond donors (Lipinski definition) is 2. The second-order valence-electron chi connectivity index (χ2n) is 6.70. The van der Waals surface area contributed by atoms with Crippen molar-refractivity contribution < 1.29 is 5.11 Å². The van der Waals surface area contributed by atoms with E-state index in [-0.39, 0.29) is 6.61 Å². The second-order valence-corrected chi connectivity index (χ2v) is 6.70. The third-order valence-corrected chi connectivity index (χ3v) is 4.60. The van der Waals surface area contributed by atoms with Gasteiger partial charge in [-0.25, -0.2) is 4.98 Å². The van der Waals surface area contributed by atoms with Crippen molar-refractivity contribution in [1.82, 2.24) is 9.55 Å². The number of anilines is 1. The highest BCUT2D eigenvalue weighted by Crippen LogP contribution is 2.41. The highest BCUT2D eigenvalue weighted by molar-refractivity contribution is 5.79. The molecule has 0 spiro atoms. The van der Waals surface area contributed by atoms with Gasteiger partial charge in [-0.3, -0.25) is 0 Å². The SMILES string of the molecule is CC1(C)CCC(n2c(CO)nc3cc(N)ccc32)CC1. The van der Waals surface area contributed by atoms with Crippen LogP contribution in [0.4, 0.5) is 5.69 Å². The summed E-state index contributed by atoms with van der Waals surface area (Å²) in [4.78, 5) is 4.54. The van der Waals surface area contributed by atoms with Crippen LogP contribution in [0, 0.1) is 5.41 Å². The maximum absolute atomic E-state index is 9.61. The lowest BCUT2D eigenvalue weighted by Crippen LogP contribution is -2.24. The van der Waals surface area contributed by atoms with Gasteiger partial charge in [-0.1, -0.05) is 13.8 Å². The molecule has 0 radical (unpaired) electrons. The van der Waals surface area contributed by atoms with E-state index in [0.29, 0.717) is 11.5 Å². The van der Waals surface area contributed by atoms with Crippen molar-refractivity contribution >= 4 is 16.7 Å².